The van der Waals surface area contributed by atoms with Crippen molar-refractivity contribution in [2.24, 2.45) is 0 Å². The molecule has 22 heavy (non-hydrogen) atoms. The molecule has 5 nitrogen and oxygen atoms in total. The molecule has 1 N–H and O–H groups in total. The number of halogens is 2. The van der Waals surface area contributed by atoms with Crippen LogP contribution in [0, 0.1) is 0 Å². The van der Waals surface area contributed by atoms with E-state index in [0.717, 1.165) is 45.6 Å². The van der Waals surface area contributed by atoms with Gasteiger partial charge in [-0.2, -0.15) is 0 Å². The van der Waals surface area contributed by atoms with Crippen LogP contribution in [0.5, 0.6) is 0 Å². The predicted octanol–water partition coefficient (Wildman–Crippen LogP) is 0.816. The maximum absolute atomic E-state index is 12.4. The van der Waals surface area contributed by atoms with E-state index in [0.29, 0.717) is 26.2 Å². The van der Waals surface area contributed by atoms with Gasteiger partial charge in [-0.3, -0.25) is 9.80 Å². The average Bonchev–Trinajstić information content (AvgIpc) is 2.71. The molecule has 0 aromatic rings. The highest BCUT2D eigenvalue weighted by molar-refractivity contribution is 4.73. The number of rotatable bonds is 7. The van der Waals surface area contributed by atoms with Crippen LogP contribution in [0.25, 0.3) is 0 Å². The van der Waals surface area contributed by atoms with Gasteiger partial charge in [-0.05, 0) is 32.4 Å². The molecule has 7 heteroatoms. The van der Waals surface area contributed by atoms with Crippen molar-refractivity contribution in [2.75, 3.05) is 59.1 Å². The molecule has 130 valence electrons. The van der Waals surface area contributed by atoms with Crippen molar-refractivity contribution in [3.63, 3.8) is 0 Å². The second-order valence-corrected chi connectivity index (χ2v) is 6.14. The average molecular weight is 322 g/mol. The third kappa shape index (κ3) is 6.83. The maximum Gasteiger partial charge on any atom is 0.251 e. The summed E-state index contributed by atoms with van der Waals surface area (Å²) in [5.74, 6) is 0. The van der Waals surface area contributed by atoms with E-state index < -0.39 is 12.5 Å². The zero-order chi connectivity index (χ0) is 15.8. The van der Waals surface area contributed by atoms with Gasteiger partial charge in [0.25, 0.3) is 6.43 Å². The van der Waals surface area contributed by atoms with Crippen molar-refractivity contribution in [3.8, 4) is 0 Å². The summed E-state index contributed by atoms with van der Waals surface area (Å²) >= 11 is 0. The summed E-state index contributed by atoms with van der Waals surface area (Å²) in [5, 5.41) is 10.1. The van der Waals surface area contributed by atoms with E-state index in [-0.39, 0.29) is 12.6 Å². The molecule has 2 rings (SSSR count). The first-order chi connectivity index (χ1) is 10.6. The van der Waals surface area contributed by atoms with Crippen LogP contribution in [0.15, 0.2) is 0 Å². The predicted molar refractivity (Wildman–Crippen MR) is 79.3 cm³/mol. The molecule has 0 bridgehead atoms. The molecule has 0 aliphatic carbocycles. The molecule has 0 aromatic carbocycles. The van der Waals surface area contributed by atoms with Crippen molar-refractivity contribution >= 4 is 0 Å². The first kappa shape index (κ1) is 18.0. The molecule has 0 radical (unpaired) electrons. The number of nitrogens with zero attached hydrogens (tertiary/aromatic N) is 2. The normalized spacial score (nSPS) is 24.5. The van der Waals surface area contributed by atoms with E-state index in [2.05, 4.69) is 4.90 Å². The van der Waals surface area contributed by atoms with Gasteiger partial charge in [0.05, 0.1) is 25.4 Å². The van der Waals surface area contributed by atoms with Crippen LogP contribution in [-0.4, -0.2) is 92.6 Å². The van der Waals surface area contributed by atoms with Crippen LogP contribution in [0.4, 0.5) is 8.78 Å². The minimum absolute atomic E-state index is 0.150. The van der Waals surface area contributed by atoms with E-state index in [4.69, 9.17) is 9.47 Å². The molecule has 0 aromatic heterocycles. The summed E-state index contributed by atoms with van der Waals surface area (Å²) in [6, 6.07) is 0. The van der Waals surface area contributed by atoms with Gasteiger partial charge in [0.2, 0.25) is 0 Å². The van der Waals surface area contributed by atoms with Crippen molar-refractivity contribution in [1.29, 1.82) is 0 Å². The second-order valence-electron chi connectivity index (χ2n) is 6.14. The number of β-amino-alcohol motifs (C(OH)–C–C–N with tert-alkyl or cyclic N) is 1. The van der Waals surface area contributed by atoms with Crippen molar-refractivity contribution in [1.82, 2.24) is 9.80 Å². The summed E-state index contributed by atoms with van der Waals surface area (Å²) < 4.78 is 35.8. The van der Waals surface area contributed by atoms with Gasteiger partial charge in [-0.25, -0.2) is 8.78 Å². The van der Waals surface area contributed by atoms with Crippen molar-refractivity contribution in [3.05, 3.63) is 0 Å². The van der Waals surface area contributed by atoms with Crippen molar-refractivity contribution in [2.45, 2.75) is 37.9 Å². The number of aliphatic hydroxyl groups excluding tert-OH is 1. The lowest BCUT2D eigenvalue weighted by atomic mass is 10.1. The Bertz CT molecular complexity index is 305. The number of alkyl halides is 2. The Hall–Kier alpha value is -0.340. The Morgan fingerprint density at radius 2 is 1.68 bits per heavy atom. The molecule has 0 saturated carbocycles. The first-order valence-electron chi connectivity index (χ1n) is 8.23. The first-order valence-corrected chi connectivity index (χ1v) is 8.23. The molecular formula is C15H28F2N2O3. The number of aliphatic hydroxyl groups is 1. The molecule has 0 amide bonds. The number of hydrogen-bond acceptors (Lipinski definition) is 5. The van der Waals surface area contributed by atoms with E-state index >= 15 is 0 Å². The van der Waals surface area contributed by atoms with E-state index in [9.17, 15) is 13.9 Å². The summed E-state index contributed by atoms with van der Waals surface area (Å²) in [4.78, 5) is 3.94. The van der Waals surface area contributed by atoms with Crippen LogP contribution in [0.2, 0.25) is 0 Å². The minimum Gasteiger partial charge on any atom is -0.389 e. The molecular weight excluding hydrogens is 294 g/mol. The Balaban J connectivity index is 1.62. The van der Waals surface area contributed by atoms with Crippen LogP contribution >= 0.6 is 0 Å². The van der Waals surface area contributed by atoms with Crippen molar-refractivity contribution < 1.29 is 23.4 Å². The Kier molecular flexibility index (Phi) is 7.96. The Labute approximate surface area is 131 Å². The van der Waals surface area contributed by atoms with Gasteiger partial charge in [0.1, 0.15) is 0 Å². The Morgan fingerprint density at radius 1 is 1.05 bits per heavy atom. The summed E-state index contributed by atoms with van der Waals surface area (Å²) in [5.41, 5.74) is 0. The summed E-state index contributed by atoms with van der Waals surface area (Å²) in [6.07, 6.45) is 0.0294. The fourth-order valence-corrected chi connectivity index (χ4v) is 3.03. The van der Waals surface area contributed by atoms with E-state index in [1.807, 2.05) is 0 Å². The molecule has 2 heterocycles. The molecule has 2 aliphatic heterocycles. The van der Waals surface area contributed by atoms with E-state index in [1.165, 1.54) is 0 Å². The Morgan fingerprint density at radius 3 is 2.32 bits per heavy atom. The zero-order valence-corrected chi connectivity index (χ0v) is 13.1. The molecule has 2 saturated heterocycles. The molecule has 2 fully saturated rings. The fraction of sp³-hybridized carbons (Fsp3) is 1.00. The standard InChI is InChI=1S/C15H28F2N2O3/c16-15(17)11-19-5-1-4-18(6-7-19)10-13(20)12-22-14-2-8-21-9-3-14/h13-15,20H,1-12H2. The van der Waals surface area contributed by atoms with Crippen LogP contribution in [0.1, 0.15) is 19.3 Å². The molecule has 1 atom stereocenters. The minimum atomic E-state index is -2.27. The monoisotopic (exact) mass is 322 g/mol. The highest BCUT2D eigenvalue weighted by Gasteiger charge is 2.21. The third-order valence-electron chi connectivity index (χ3n) is 4.24. The largest absolute Gasteiger partial charge is 0.389 e. The van der Waals surface area contributed by atoms with Gasteiger partial charge in [0, 0.05) is 32.8 Å². The maximum atomic E-state index is 12.4. The third-order valence-corrected chi connectivity index (χ3v) is 4.24. The van der Waals surface area contributed by atoms with Crippen LogP contribution < -0.4 is 0 Å². The van der Waals surface area contributed by atoms with E-state index in [1.54, 1.807) is 4.90 Å². The summed E-state index contributed by atoms with van der Waals surface area (Å²) in [7, 11) is 0. The van der Waals surface area contributed by atoms with Gasteiger partial charge in [0.15, 0.2) is 0 Å². The number of ether oxygens (including phenoxy) is 2. The fourth-order valence-electron chi connectivity index (χ4n) is 3.03. The smallest absolute Gasteiger partial charge is 0.251 e. The lowest BCUT2D eigenvalue weighted by molar-refractivity contribution is -0.0639. The van der Waals surface area contributed by atoms with Gasteiger partial charge in [-0.15, -0.1) is 0 Å². The summed E-state index contributed by atoms with van der Waals surface area (Å²) in [6.45, 7) is 5.10. The quantitative estimate of drug-likeness (QED) is 0.752. The lowest BCUT2D eigenvalue weighted by Crippen LogP contribution is -2.39. The topological polar surface area (TPSA) is 45.2 Å². The van der Waals surface area contributed by atoms with Gasteiger partial charge in [-0.1, -0.05) is 0 Å². The SMILES string of the molecule is OC(COC1CCOCC1)CN1CCCN(CC(F)F)CC1. The van der Waals surface area contributed by atoms with Gasteiger partial charge < -0.3 is 14.6 Å². The number of hydrogen-bond donors (Lipinski definition) is 1. The lowest BCUT2D eigenvalue weighted by Gasteiger charge is -2.26. The highest BCUT2D eigenvalue weighted by atomic mass is 19.3. The van der Waals surface area contributed by atoms with Gasteiger partial charge >= 0.3 is 0 Å². The highest BCUT2D eigenvalue weighted by Crippen LogP contribution is 2.11. The zero-order valence-electron chi connectivity index (χ0n) is 13.1. The van der Waals surface area contributed by atoms with Crippen LogP contribution in [-0.2, 0) is 9.47 Å². The molecule has 2 aliphatic rings. The molecule has 0 spiro atoms. The van der Waals surface area contributed by atoms with Crippen LogP contribution in [0.3, 0.4) is 0 Å². The molecule has 1 unspecified atom stereocenters. The second kappa shape index (κ2) is 9.72.